The van der Waals surface area contributed by atoms with Gasteiger partial charge in [0.05, 0.1) is 31.9 Å². The number of pyridine rings is 1. The molecule has 0 spiro atoms. The van der Waals surface area contributed by atoms with Gasteiger partial charge in [-0.05, 0) is 29.8 Å². The second kappa shape index (κ2) is 6.39. The van der Waals surface area contributed by atoms with E-state index >= 15 is 0 Å². The zero-order valence-electron chi connectivity index (χ0n) is 12.2. The molecule has 1 atom stereocenters. The van der Waals surface area contributed by atoms with Crippen molar-refractivity contribution in [2.45, 2.75) is 6.10 Å². The van der Waals surface area contributed by atoms with Crippen LogP contribution in [0.4, 0.5) is 0 Å². The van der Waals surface area contributed by atoms with Gasteiger partial charge in [-0.2, -0.15) is 0 Å². The van der Waals surface area contributed by atoms with Crippen LogP contribution in [0, 0.1) is 0 Å². The van der Waals surface area contributed by atoms with Crippen LogP contribution in [-0.4, -0.2) is 54.9 Å². The summed E-state index contributed by atoms with van der Waals surface area (Å²) in [5.74, 6) is 0.773. The highest BCUT2D eigenvalue weighted by atomic mass is 16.5. The molecular formula is C16H20N2O3. The van der Waals surface area contributed by atoms with Gasteiger partial charge in [0.25, 0.3) is 0 Å². The Kier molecular flexibility index (Phi) is 4.34. The van der Waals surface area contributed by atoms with E-state index in [0.717, 1.165) is 48.5 Å². The number of methoxy groups -OCH3 is 1. The van der Waals surface area contributed by atoms with Gasteiger partial charge >= 0.3 is 0 Å². The summed E-state index contributed by atoms with van der Waals surface area (Å²) >= 11 is 0. The largest absolute Gasteiger partial charge is 0.497 e. The highest BCUT2D eigenvalue weighted by Gasteiger charge is 2.18. The normalized spacial score (nSPS) is 17.8. The minimum Gasteiger partial charge on any atom is -0.497 e. The third-order valence-electron chi connectivity index (χ3n) is 3.88. The van der Waals surface area contributed by atoms with Crippen molar-refractivity contribution in [2.24, 2.45) is 0 Å². The average molecular weight is 288 g/mol. The quantitative estimate of drug-likeness (QED) is 0.926. The van der Waals surface area contributed by atoms with Crippen LogP contribution in [0.25, 0.3) is 10.9 Å². The first-order chi connectivity index (χ1) is 10.3. The Morgan fingerprint density at radius 3 is 2.90 bits per heavy atom. The number of ether oxygens (including phenoxy) is 2. The van der Waals surface area contributed by atoms with Crippen LogP contribution in [0.2, 0.25) is 0 Å². The number of aliphatic hydroxyl groups is 1. The van der Waals surface area contributed by atoms with Crippen molar-refractivity contribution in [2.75, 3.05) is 40.0 Å². The molecule has 0 bridgehead atoms. The third-order valence-corrected chi connectivity index (χ3v) is 3.88. The molecule has 2 heterocycles. The lowest BCUT2D eigenvalue weighted by atomic mass is 10.0. The highest BCUT2D eigenvalue weighted by molar-refractivity contribution is 5.83. The third kappa shape index (κ3) is 3.15. The maximum absolute atomic E-state index is 10.6. The summed E-state index contributed by atoms with van der Waals surface area (Å²) in [6.45, 7) is 3.81. The van der Waals surface area contributed by atoms with Gasteiger partial charge in [-0.25, -0.2) is 0 Å². The van der Waals surface area contributed by atoms with Gasteiger partial charge in [0.15, 0.2) is 0 Å². The number of nitrogens with zero attached hydrogens (tertiary/aromatic N) is 2. The summed E-state index contributed by atoms with van der Waals surface area (Å²) in [4.78, 5) is 6.57. The number of hydrogen-bond donors (Lipinski definition) is 1. The van der Waals surface area contributed by atoms with Crippen LogP contribution in [-0.2, 0) is 4.74 Å². The number of morpholine rings is 1. The minimum absolute atomic E-state index is 0.541. The Labute approximate surface area is 124 Å². The fourth-order valence-electron chi connectivity index (χ4n) is 2.69. The molecule has 1 aromatic carbocycles. The van der Waals surface area contributed by atoms with Gasteiger partial charge in [0, 0.05) is 31.2 Å². The predicted octanol–water partition coefficient (Wildman–Crippen LogP) is 1.61. The van der Waals surface area contributed by atoms with Gasteiger partial charge in [0.1, 0.15) is 5.75 Å². The van der Waals surface area contributed by atoms with Gasteiger partial charge in [-0.15, -0.1) is 0 Å². The first-order valence-electron chi connectivity index (χ1n) is 7.19. The number of fused-ring (bicyclic) bond motifs is 1. The van der Waals surface area contributed by atoms with E-state index in [0.29, 0.717) is 6.54 Å². The lowest BCUT2D eigenvalue weighted by molar-refractivity contribution is 0.0146. The number of benzene rings is 1. The molecule has 3 rings (SSSR count). The molecule has 21 heavy (non-hydrogen) atoms. The summed E-state index contributed by atoms with van der Waals surface area (Å²) in [6.07, 6.45) is 1.20. The summed E-state index contributed by atoms with van der Waals surface area (Å²) < 4.78 is 10.6. The lowest BCUT2D eigenvalue weighted by Crippen LogP contribution is -2.38. The van der Waals surface area contributed by atoms with E-state index in [-0.39, 0.29) is 0 Å². The average Bonchev–Trinajstić information content (AvgIpc) is 2.54. The fraction of sp³-hybridized carbons (Fsp3) is 0.438. The molecule has 2 aromatic rings. The van der Waals surface area contributed by atoms with Crippen molar-refractivity contribution in [3.05, 3.63) is 36.0 Å². The van der Waals surface area contributed by atoms with E-state index < -0.39 is 6.10 Å². The smallest absolute Gasteiger partial charge is 0.119 e. The van der Waals surface area contributed by atoms with E-state index in [9.17, 15) is 5.11 Å². The van der Waals surface area contributed by atoms with Gasteiger partial charge in [-0.3, -0.25) is 9.88 Å². The van der Waals surface area contributed by atoms with Gasteiger partial charge < -0.3 is 14.6 Å². The minimum atomic E-state index is -0.541. The molecule has 1 N–H and O–H groups in total. The zero-order valence-corrected chi connectivity index (χ0v) is 12.2. The first kappa shape index (κ1) is 14.3. The SMILES string of the molecule is COc1ccc2nccc(C(O)CN3CCOCC3)c2c1. The molecule has 1 unspecified atom stereocenters. The Morgan fingerprint density at radius 1 is 1.33 bits per heavy atom. The van der Waals surface area contributed by atoms with Gasteiger partial charge in [-0.1, -0.05) is 0 Å². The highest BCUT2D eigenvalue weighted by Crippen LogP contribution is 2.27. The predicted molar refractivity (Wildman–Crippen MR) is 80.5 cm³/mol. The van der Waals surface area contributed by atoms with E-state index in [1.54, 1.807) is 13.3 Å². The summed E-state index contributed by atoms with van der Waals surface area (Å²) in [5, 5.41) is 11.5. The number of aromatic nitrogens is 1. The second-order valence-corrected chi connectivity index (χ2v) is 5.21. The standard InChI is InChI=1S/C16H20N2O3/c1-20-12-2-3-15-14(10-12)13(4-5-17-15)16(19)11-18-6-8-21-9-7-18/h2-5,10,16,19H,6-9,11H2,1H3. The van der Waals surface area contributed by atoms with Crippen LogP contribution in [0.15, 0.2) is 30.5 Å². The van der Waals surface area contributed by atoms with E-state index in [4.69, 9.17) is 9.47 Å². The summed E-state index contributed by atoms with van der Waals surface area (Å²) in [7, 11) is 1.64. The molecule has 0 radical (unpaired) electrons. The molecule has 0 amide bonds. The monoisotopic (exact) mass is 288 g/mol. The van der Waals surface area contributed by atoms with Crippen LogP contribution in [0.5, 0.6) is 5.75 Å². The molecule has 1 aromatic heterocycles. The summed E-state index contributed by atoms with van der Waals surface area (Å²) in [5.41, 5.74) is 1.76. The molecule has 5 nitrogen and oxygen atoms in total. The van der Waals surface area contributed by atoms with Crippen molar-refractivity contribution < 1.29 is 14.6 Å². The molecule has 1 aliphatic heterocycles. The maximum atomic E-state index is 10.6. The molecule has 0 saturated carbocycles. The number of β-amino-alcohol motifs (C(OH)–C–C–N with tert-alkyl or cyclic N) is 1. The fourth-order valence-corrected chi connectivity index (χ4v) is 2.69. The molecule has 0 aliphatic carbocycles. The Morgan fingerprint density at radius 2 is 2.14 bits per heavy atom. The number of aliphatic hydroxyl groups excluding tert-OH is 1. The van der Waals surface area contributed by atoms with E-state index in [1.165, 1.54) is 0 Å². The first-order valence-corrected chi connectivity index (χ1v) is 7.19. The van der Waals surface area contributed by atoms with Crippen molar-refractivity contribution in [1.29, 1.82) is 0 Å². The molecule has 5 heteroatoms. The summed E-state index contributed by atoms with van der Waals surface area (Å²) in [6, 6.07) is 7.61. The van der Waals surface area contributed by atoms with Crippen molar-refractivity contribution in [3.63, 3.8) is 0 Å². The van der Waals surface area contributed by atoms with Crippen molar-refractivity contribution in [1.82, 2.24) is 9.88 Å². The Bertz CT molecular complexity index is 611. The molecule has 1 aliphatic rings. The Balaban J connectivity index is 1.87. The molecule has 1 saturated heterocycles. The second-order valence-electron chi connectivity index (χ2n) is 5.21. The number of hydrogen-bond acceptors (Lipinski definition) is 5. The van der Waals surface area contributed by atoms with Gasteiger partial charge in [0.2, 0.25) is 0 Å². The van der Waals surface area contributed by atoms with Crippen LogP contribution in [0.3, 0.4) is 0 Å². The maximum Gasteiger partial charge on any atom is 0.119 e. The van der Waals surface area contributed by atoms with E-state index in [1.807, 2.05) is 24.3 Å². The topological polar surface area (TPSA) is 54.8 Å². The van der Waals surface area contributed by atoms with Crippen molar-refractivity contribution in [3.8, 4) is 5.75 Å². The Hall–Kier alpha value is -1.69. The molecule has 112 valence electrons. The van der Waals surface area contributed by atoms with Crippen LogP contribution < -0.4 is 4.74 Å². The zero-order chi connectivity index (χ0) is 14.7. The number of rotatable bonds is 4. The van der Waals surface area contributed by atoms with Crippen molar-refractivity contribution >= 4 is 10.9 Å². The lowest BCUT2D eigenvalue weighted by Gasteiger charge is -2.28. The molecule has 1 fully saturated rings. The molecular weight excluding hydrogens is 268 g/mol. The van der Waals surface area contributed by atoms with Crippen LogP contribution in [0.1, 0.15) is 11.7 Å². The van der Waals surface area contributed by atoms with E-state index in [2.05, 4.69) is 9.88 Å². The van der Waals surface area contributed by atoms with Crippen LogP contribution >= 0.6 is 0 Å².